The zero-order chi connectivity index (χ0) is 12.3. The Kier molecular flexibility index (Phi) is 3.69. The summed E-state index contributed by atoms with van der Waals surface area (Å²) in [6.07, 6.45) is 1.69. The van der Waals surface area contributed by atoms with Gasteiger partial charge in [0, 0.05) is 17.7 Å². The normalized spacial score (nSPS) is 10.7. The van der Waals surface area contributed by atoms with E-state index in [2.05, 4.69) is 4.74 Å². The zero-order valence-electron chi connectivity index (χ0n) is 9.53. The Morgan fingerprint density at radius 3 is 2.94 bits per heavy atom. The van der Waals surface area contributed by atoms with Crippen molar-refractivity contribution in [2.24, 2.45) is 0 Å². The van der Waals surface area contributed by atoms with Gasteiger partial charge in [-0.05, 0) is 30.7 Å². The Balaban J connectivity index is 2.31. The summed E-state index contributed by atoms with van der Waals surface area (Å²) in [7, 11) is 1.37. The van der Waals surface area contributed by atoms with Crippen LogP contribution in [0.2, 0.25) is 0 Å². The van der Waals surface area contributed by atoms with Crippen molar-refractivity contribution >= 4 is 28.5 Å². The number of hydrogen-bond acceptors (Lipinski definition) is 3. The molecule has 17 heavy (non-hydrogen) atoms. The summed E-state index contributed by atoms with van der Waals surface area (Å²) in [6, 6.07) is 7.19. The minimum absolute atomic E-state index is 0.338. The van der Waals surface area contributed by atoms with Gasteiger partial charge in [0.1, 0.15) is 11.3 Å². The van der Waals surface area contributed by atoms with Gasteiger partial charge in [0.25, 0.3) is 0 Å². The molecule has 4 heteroatoms. The van der Waals surface area contributed by atoms with E-state index in [-0.39, 0.29) is 5.97 Å². The molecule has 0 saturated carbocycles. The number of esters is 1. The van der Waals surface area contributed by atoms with Crippen molar-refractivity contribution in [3.8, 4) is 0 Å². The molecule has 1 heterocycles. The molecule has 3 nitrogen and oxygen atoms in total. The second kappa shape index (κ2) is 5.23. The highest BCUT2D eigenvalue weighted by Crippen LogP contribution is 2.22. The first-order valence-electron chi connectivity index (χ1n) is 5.41. The summed E-state index contributed by atoms with van der Waals surface area (Å²) in [5, 5.41) is 0.914. The lowest BCUT2D eigenvalue weighted by atomic mass is 10.1. The maximum atomic E-state index is 11.4. The Morgan fingerprint density at radius 1 is 1.41 bits per heavy atom. The van der Waals surface area contributed by atoms with Crippen LogP contribution in [0.3, 0.4) is 0 Å². The lowest BCUT2D eigenvalue weighted by Crippen LogP contribution is -1.99. The van der Waals surface area contributed by atoms with E-state index >= 15 is 0 Å². The number of carbonyl (C=O) groups is 1. The third-order valence-electron chi connectivity index (χ3n) is 2.55. The Hall–Kier alpha value is -1.48. The van der Waals surface area contributed by atoms with Crippen LogP contribution in [-0.4, -0.2) is 19.0 Å². The molecular weight excluding hydrogens is 240 g/mol. The first-order chi connectivity index (χ1) is 8.24. The van der Waals surface area contributed by atoms with Crippen LogP contribution in [0.5, 0.6) is 0 Å². The van der Waals surface area contributed by atoms with Crippen molar-refractivity contribution in [2.75, 3.05) is 13.0 Å². The monoisotopic (exact) mass is 252 g/mol. The van der Waals surface area contributed by atoms with Gasteiger partial charge in [-0.1, -0.05) is 0 Å². The van der Waals surface area contributed by atoms with Crippen molar-refractivity contribution in [1.82, 2.24) is 0 Å². The number of furan rings is 1. The molecule has 0 aliphatic heterocycles. The molecular formula is C13H13ClO3. The molecule has 0 amide bonds. The van der Waals surface area contributed by atoms with E-state index < -0.39 is 0 Å². The molecule has 0 bridgehead atoms. The second-order valence-electron chi connectivity index (χ2n) is 3.75. The molecule has 0 atom stereocenters. The topological polar surface area (TPSA) is 39.4 Å². The van der Waals surface area contributed by atoms with Crippen LogP contribution in [0, 0.1) is 0 Å². The summed E-state index contributed by atoms with van der Waals surface area (Å²) < 4.78 is 10.3. The molecule has 0 saturated heterocycles. The maximum Gasteiger partial charge on any atom is 0.337 e. The number of halogens is 1. The smallest absolute Gasteiger partial charge is 0.337 e. The first-order valence-corrected chi connectivity index (χ1v) is 5.95. The van der Waals surface area contributed by atoms with Gasteiger partial charge in [-0.2, -0.15) is 0 Å². The van der Waals surface area contributed by atoms with Crippen molar-refractivity contribution in [1.29, 1.82) is 0 Å². The van der Waals surface area contributed by atoms with Crippen LogP contribution in [0.4, 0.5) is 0 Å². The standard InChI is InChI=1S/C13H13ClO3/c1-16-13(15)9-4-5-12-10(7-9)8-11(17-12)3-2-6-14/h4-5,7-8H,2-3,6H2,1H3. The highest BCUT2D eigenvalue weighted by Gasteiger charge is 2.09. The van der Waals surface area contributed by atoms with Crippen LogP contribution in [0.1, 0.15) is 22.5 Å². The molecule has 2 rings (SSSR count). The summed E-state index contributed by atoms with van der Waals surface area (Å²) in [5.41, 5.74) is 1.31. The first kappa shape index (κ1) is 12.0. The Bertz CT molecular complexity index is 530. The van der Waals surface area contributed by atoms with E-state index in [1.54, 1.807) is 18.2 Å². The van der Waals surface area contributed by atoms with Gasteiger partial charge in [0.15, 0.2) is 0 Å². The number of fused-ring (bicyclic) bond motifs is 1. The zero-order valence-corrected chi connectivity index (χ0v) is 10.3. The number of hydrogen-bond donors (Lipinski definition) is 0. The number of methoxy groups -OCH3 is 1. The van der Waals surface area contributed by atoms with Gasteiger partial charge < -0.3 is 9.15 Å². The average Bonchev–Trinajstić information content (AvgIpc) is 2.76. The predicted octanol–water partition coefficient (Wildman–Crippen LogP) is 3.39. The molecule has 90 valence electrons. The summed E-state index contributed by atoms with van der Waals surface area (Å²) >= 11 is 5.63. The Labute approximate surface area is 104 Å². The number of alkyl halides is 1. The largest absolute Gasteiger partial charge is 0.465 e. The van der Waals surface area contributed by atoms with Crippen LogP contribution < -0.4 is 0 Å². The van der Waals surface area contributed by atoms with Gasteiger partial charge in [0.05, 0.1) is 12.7 Å². The average molecular weight is 253 g/mol. The fraction of sp³-hybridized carbons (Fsp3) is 0.308. The van der Waals surface area contributed by atoms with Crippen molar-refractivity contribution in [2.45, 2.75) is 12.8 Å². The van der Waals surface area contributed by atoms with Crippen LogP contribution in [0.15, 0.2) is 28.7 Å². The Morgan fingerprint density at radius 2 is 2.24 bits per heavy atom. The summed E-state index contributed by atoms with van der Waals surface area (Å²) in [5.74, 6) is 1.17. The van der Waals surface area contributed by atoms with E-state index in [1.165, 1.54) is 7.11 Å². The van der Waals surface area contributed by atoms with Crippen LogP contribution in [-0.2, 0) is 11.2 Å². The van der Waals surface area contributed by atoms with Crippen molar-refractivity contribution < 1.29 is 13.9 Å². The fourth-order valence-corrected chi connectivity index (χ4v) is 1.84. The van der Waals surface area contributed by atoms with E-state index in [9.17, 15) is 4.79 Å². The fourth-order valence-electron chi connectivity index (χ4n) is 1.71. The number of rotatable bonds is 4. The molecule has 2 aromatic rings. The highest BCUT2D eigenvalue weighted by molar-refractivity contribution is 6.17. The SMILES string of the molecule is COC(=O)c1ccc2oc(CCCCl)cc2c1. The number of carbonyl (C=O) groups excluding carboxylic acids is 1. The third-order valence-corrected chi connectivity index (χ3v) is 2.81. The highest BCUT2D eigenvalue weighted by atomic mass is 35.5. The van der Waals surface area contributed by atoms with Crippen molar-refractivity contribution in [3.05, 3.63) is 35.6 Å². The molecule has 0 N–H and O–H groups in total. The summed E-state index contributed by atoms with van der Waals surface area (Å²) in [6.45, 7) is 0. The van der Waals surface area contributed by atoms with Gasteiger partial charge in [-0.15, -0.1) is 11.6 Å². The minimum Gasteiger partial charge on any atom is -0.465 e. The quantitative estimate of drug-likeness (QED) is 0.619. The predicted molar refractivity (Wildman–Crippen MR) is 66.6 cm³/mol. The lowest BCUT2D eigenvalue weighted by Gasteiger charge is -1.97. The van der Waals surface area contributed by atoms with Crippen LogP contribution >= 0.6 is 11.6 Å². The number of aryl methyl sites for hydroxylation is 1. The van der Waals surface area contributed by atoms with E-state index in [1.807, 2.05) is 6.07 Å². The number of benzene rings is 1. The maximum absolute atomic E-state index is 11.4. The van der Waals surface area contributed by atoms with Gasteiger partial charge in [0.2, 0.25) is 0 Å². The van der Waals surface area contributed by atoms with Gasteiger partial charge in [-0.25, -0.2) is 4.79 Å². The number of ether oxygens (including phenoxy) is 1. The van der Waals surface area contributed by atoms with E-state index in [0.29, 0.717) is 11.4 Å². The molecule has 0 spiro atoms. The summed E-state index contributed by atoms with van der Waals surface area (Å²) in [4.78, 5) is 11.4. The van der Waals surface area contributed by atoms with E-state index in [4.69, 9.17) is 16.0 Å². The van der Waals surface area contributed by atoms with Crippen molar-refractivity contribution in [3.63, 3.8) is 0 Å². The molecule has 1 aromatic carbocycles. The third kappa shape index (κ3) is 2.61. The molecule has 0 aliphatic rings. The van der Waals surface area contributed by atoms with Gasteiger partial charge in [-0.3, -0.25) is 0 Å². The van der Waals surface area contributed by atoms with Crippen LogP contribution in [0.25, 0.3) is 11.0 Å². The molecule has 0 unspecified atom stereocenters. The molecule has 0 radical (unpaired) electrons. The lowest BCUT2D eigenvalue weighted by molar-refractivity contribution is 0.0601. The van der Waals surface area contributed by atoms with E-state index in [0.717, 1.165) is 29.6 Å². The molecule has 0 aliphatic carbocycles. The molecule has 1 aromatic heterocycles. The van der Waals surface area contributed by atoms with Gasteiger partial charge >= 0.3 is 5.97 Å². The minimum atomic E-state index is -0.338. The molecule has 0 fully saturated rings. The second-order valence-corrected chi connectivity index (χ2v) is 4.13.